The SMILES string of the molecule is O=C1NC(C(Cl)(Cl)Cc2cc#ccc2)O/C1=C\c1ccc(C(F)(F)F)cc1. The molecule has 1 atom stereocenters. The lowest BCUT2D eigenvalue weighted by Crippen LogP contribution is -2.42. The van der Waals surface area contributed by atoms with Crippen molar-refractivity contribution in [1.82, 2.24) is 5.32 Å². The zero-order chi connectivity index (χ0) is 19.7. The van der Waals surface area contributed by atoms with Crippen molar-refractivity contribution in [3.63, 3.8) is 0 Å². The summed E-state index contributed by atoms with van der Waals surface area (Å²) in [5.41, 5.74) is 0.366. The van der Waals surface area contributed by atoms with Crippen molar-refractivity contribution in [2.75, 3.05) is 0 Å². The molecule has 2 aromatic carbocycles. The molecule has 1 heterocycles. The van der Waals surface area contributed by atoms with Gasteiger partial charge in [0.2, 0.25) is 6.23 Å². The number of carbonyl (C=O) groups is 1. The highest BCUT2D eigenvalue weighted by Gasteiger charge is 2.43. The molecule has 1 aliphatic rings. The smallest absolute Gasteiger partial charge is 0.416 e. The van der Waals surface area contributed by atoms with E-state index in [0.717, 1.165) is 17.7 Å². The van der Waals surface area contributed by atoms with Crippen LogP contribution in [0.15, 0.2) is 48.2 Å². The van der Waals surface area contributed by atoms with E-state index in [0.29, 0.717) is 5.56 Å². The normalized spacial score (nSPS) is 18.8. The zero-order valence-corrected chi connectivity index (χ0v) is 15.1. The molecule has 1 unspecified atom stereocenters. The largest absolute Gasteiger partial charge is 0.462 e. The molecule has 2 aromatic rings. The first-order chi connectivity index (χ1) is 12.6. The fourth-order valence-corrected chi connectivity index (χ4v) is 2.97. The maximum Gasteiger partial charge on any atom is 0.416 e. The third kappa shape index (κ3) is 4.68. The highest BCUT2D eigenvalue weighted by Crippen LogP contribution is 2.35. The van der Waals surface area contributed by atoms with Gasteiger partial charge in [0.05, 0.1) is 5.56 Å². The van der Waals surface area contributed by atoms with Gasteiger partial charge in [-0.25, -0.2) is 0 Å². The van der Waals surface area contributed by atoms with Gasteiger partial charge in [-0.3, -0.25) is 4.79 Å². The Bertz CT molecular complexity index is 850. The molecule has 0 aromatic heterocycles. The number of rotatable bonds is 4. The van der Waals surface area contributed by atoms with E-state index in [1.807, 2.05) is 0 Å². The van der Waals surface area contributed by atoms with Crippen molar-refractivity contribution >= 4 is 35.2 Å². The molecular formula is C19H12Cl2F3NO2. The zero-order valence-electron chi connectivity index (χ0n) is 13.6. The molecule has 0 aliphatic carbocycles. The number of carbonyl (C=O) groups excluding carboxylic acids is 1. The molecule has 3 rings (SSSR count). The molecule has 1 aliphatic heterocycles. The first-order valence-corrected chi connectivity index (χ1v) is 8.52. The first-order valence-electron chi connectivity index (χ1n) is 7.76. The van der Waals surface area contributed by atoms with Gasteiger partial charge in [0.25, 0.3) is 5.91 Å². The second kappa shape index (κ2) is 7.34. The predicted molar refractivity (Wildman–Crippen MR) is 94.7 cm³/mol. The van der Waals surface area contributed by atoms with Crippen molar-refractivity contribution in [3.05, 3.63) is 77.0 Å². The van der Waals surface area contributed by atoms with Gasteiger partial charge in [-0.15, -0.1) is 0 Å². The average molecular weight is 414 g/mol. The molecule has 0 saturated carbocycles. The fourth-order valence-electron chi connectivity index (χ4n) is 2.47. The van der Waals surface area contributed by atoms with E-state index in [4.69, 9.17) is 27.9 Å². The van der Waals surface area contributed by atoms with E-state index in [2.05, 4.69) is 17.4 Å². The van der Waals surface area contributed by atoms with Crippen LogP contribution in [0.4, 0.5) is 13.2 Å². The Morgan fingerprint density at radius 2 is 1.85 bits per heavy atom. The molecule has 27 heavy (non-hydrogen) atoms. The Balaban J connectivity index is 1.74. The maximum atomic E-state index is 12.6. The number of ether oxygens (including phenoxy) is 1. The Kier molecular flexibility index (Phi) is 5.27. The molecule has 0 radical (unpaired) electrons. The number of hydrogen-bond donors (Lipinski definition) is 1. The van der Waals surface area contributed by atoms with Crippen LogP contribution in [0, 0.1) is 12.1 Å². The van der Waals surface area contributed by atoms with Gasteiger partial charge in [0.15, 0.2) is 10.1 Å². The second-order valence-electron chi connectivity index (χ2n) is 5.88. The summed E-state index contributed by atoms with van der Waals surface area (Å²) in [5, 5.41) is 2.53. The standard InChI is InChI=1S/C19H12Cl2F3NO2/c20-18(21,11-13-4-2-1-3-5-13)17-25-16(26)15(27-17)10-12-6-8-14(9-7-12)19(22,23)24/h2,4-10,17H,11H2,(H,25,26)/b15-10-. The van der Waals surface area contributed by atoms with Crippen molar-refractivity contribution < 1.29 is 22.7 Å². The fraction of sp³-hybridized carbons (Fsp3) is 0.211. The number of alkyl halides is 5. The van der Waals surface area contributed by atoms with Crippen LogP contribution in [0.3, 0.4) is 0 Å². The van der Waals surface area contributed by atoms with Gasteiger partial charge in [-0.05, 0) is 47.5 Å². The highest BCUT2D eigenvalue weighted by molar-refractivity contribution is 6.49. The van der Waals surface area contributed by atoms with Crippen molar-refractivity contribution in [3.8, 4) is 0 Å². The van der Waals surface area contributed by atoms with E-state index >= 15 is 0 Å². The number of amides is 1. The minimum Gasteiger partial charge on any atom is -0.462 e. The van der Waals surface area contributed by atoms with E-state index in [1.54, 1.807) is 18.2 Å². The van der Waals surface area contributed by atoms with Crippen LogP contribution in [0.5, 0.6) is 0 Å². The Labute approximate surface area is 163 Å². The summed E-state index contributed by atoms with van der Waals surface area (Å²) in [6, 6.07) is 14.9. The van der Waals surface area contributed by atoms with Crippen molar-refractivity contribution in [1.29, 1.82) is 0 Å². The maximum absolute atomic E-state index is 12.6. The number of nitrogens with one attached hydrogen (secondary N) is 1. The summed E-state index contributed by atoms with van der Waals surface area (Å²) in [4.78, 5) is 12.1. The Morgan fingerprint density at radius 3 is 2.44 bits per heavy atom. The van der Waals surface area contributed by atoms with Crippen LogP contribution in [0.1, 0.15) is 16.7 Å². The quantitative estimate of drug-likeness (QED) is 0.590. The number of benzene rings is 1. The van der Waals surface area contributed by atoms with Crippen LogP contribution in [0.2, 0.25) is 0 Å². The molecule has 0 spiro atoms. The Morgan fingerprint density at radius 1 is 1.15 bits per heavy atom. The van der Waals surface area contributed by atoms with Crippen molar-refractivity contribution in [2.45, 2.75) is 23.2 Å². The molecule has 1 N–H and O–H groups in total. The topological polar surface area (TPSA) is 38.3 Å². The van der Waals surface area contributed by atoms with Gasteiger partial charge >= 0.3 is 6.18 Å². The van der Waals surface area contributed by atoms with Gasteiger partial charge in [-0.2, -0.15) is 13.2 Å². The summed E-state index contributed by atoms with van der Waals surface area (Å²) in [7, 11) is 0. The van der Waals surface area contributed by atoms with Gasteiger partial charge in [0.1, 0.15) is 0 Å². The predicted octanol–water partition coefficient (Wildman–Crippen LogP) is 4.54. The summed E-state index contributed by atoms with van der Waals surface area (Å²) < 4.78 is 41.9. The lowest BCUT2D eigenvalue weighted by atomic mass is 10.1. The van der Waals surface area contributed by atoms with Gasteiger partial charge in [-0.1, -0.05) is 47.5 Å². The molecule has 1 saturated heterocycles. The van der Waals surface area contributed by atoms with E-state index in [9.17, 15) is 18.0 Å². The third-order valence-corrected chi connectivity index (χ3v) is 4.48. The molecule has 3 nitrogen and oxygen atoms in total. The molecule has 1 amide bonds. The highest BCUT2D eigenvalue weighted by atomic mass is 35.5. The van der Waals surface area contributed by atoms with E-state index < -0.39 is 28.2 Å². The number of hydrogen-bond acceptors (Lipinski definition) is 2. The Hall–Kier alpha value is -2.36. The second-order valence-corrected chi connectivity index (χ2v) is 7.42. The molecule has 8 heteroatoms. The number of halogens is 5. The lowest BCUT2D eigenvalue weighted by molar-refractivity contribution is -0.137. The van der Waals surface area contributed by atoms with Crippen molar-refractivity contribution in [2.24, 2.45) is 0 Å². The third-order valence-electron chi connectivity index (χ3n) is 3.81. The molecule has 0 bridgehead atoms. The van der Waals surface area contributed by atoms with Gasteiger partial charge < -0.3 is 10.1 Å². The molecular weight excluding hydrogens is 402 g/mol. The minimum absolute atomic E-state index is 0.0848. The summed E-state index contributed by atoms with van der Waals surface area (Å²) >= 11 is 12.7. The van der Waals surface area contributed by atoms with Crippen LogP contribution in [0.25, 0.3) is 6.08 Å². The van der Waals surface area contributed by atoms with Crippen LogP contribution in [-0.2, 0) is 22.1 Å². The summed E-state index contributed by atoms with van der Waals surface area (Å²) in [5.74, 6) is -0.642. The monoisotopic (exact) mass is 413 g/mol. The van der Waals surface area contributed by atoms with Crippen LogP contribution >= 0.6 is 23.2 Å². The average Bonchev–Trinajstić information content (AvgIpc) is 2.97. The van der Waals surface area contributed by atoms with E-state index in [-0.39, 0.29) is 12.2 Å². The first kappa shape index (κ1) is 19.4. The van der Waals surface area contributed by atoms with Crippen LogP contribution < -0.4 is 5.32 Å². The lowest BCUT2D eigenvalue weighted by Gasteiger charge is -2.25. The molecule has 1 fully saturated rings. The van der Waals surface area contributed by atoms with E-state index in [1.165, 1.54) is 18.2 Å². The van der Waals surface area contributed by atoms with Crippen LogP contribution in [-0.4, -0.2) is 16.5 Å². The van der Waals surface area contributed by atoms with Gasteiger partial charge in [0, 0.05) is 6.42 Å². The molecule has 140 valence electrons. The minimum atomic E-state index is -4.43. The summed E-state index contributed by atoms with van der Waals surface area (Å²) in [6.07, 6.45) is -3.94. The summed E-state index contributed by atoms with van der Waals surface area (Å²) in [6.45, 7) is 0.